The summed E-state index contributed by atoms with van der Waals surface area (Å²) in [4.78, 5) is 67.6. The number of imide groups is 1. The number of esters is 2. The molecule has 1 unspecified atom stereocenters. The molecule has 3 aromatic carbocycles. The second kappa shape index (κ2) is 9.47. The fraction of sp³-hybridized carbons (Fsp3) is 0.233. The van der Waals surface area contributed by atoms with Gasteiger partial charge in [-0.15, -0.1) is 5.06 Å². The molecule has 1 spiro atoms. The van der Waals surface area contributed by atoms with E-state index in [1.165, 1.54) is 31.4 Å². The summed E-state index contributed by atoms with van der Waals surface area (Å²) in [6.45, 7) is 3.42. The quantitative estimate of drug-likeness (QED) is 0.257. The van der Waals surface area contributed by atoms with Crippen LogP contribution in [0.15, 0.2) is 54.6 Å². The summed E-state index contributed by atoms with van der Waals surface area (Å²) in [5.74, 6) is -2.36. The second-order valence-corrected chi connectivity index (χ2v) is 9.99. The monoisotopic (exact) mass is 557 g/mol. The van der Waals surface area contributed by atoms with Crippen molar-refractivity contribution in [2.45, 2.75) is 32.3 Å². The highest BCUT2D eigenvalue weighted by Crippen LogP contribution is 2.57. The van der Waals surface area contributed by atoms with Crippen molar-refractivity contribution in [2.24, 2.45) is 5.92 Å². The van der Waals surface area contributed by atoms with Gasteiger partial charge in [0.15, 0.2) is 5.60 Å². The van der Waals surface area contributed by atoms with E-state index >= 15 is 0 Å². The summed E-state index contributed by atoms with van der Waals surface area (Å²) in [6, 6.07) is 13.9. The van der Waals surface area contributed by atoms with E-state index in [9.17, 15) is 24.0 Å². The van der Waals surface area contributed by atoms with E-state index in [-0.39, 0.29) is 41.4 Å². The van der Waals surface area contributed by atoms with Gasteiger partial charge in [0, 0.05) is 41.7 Å². The third kappa shape index (κ3) is 4.08. The first-order chi connectivity index (χ1) is 19.6. The molecule has 1 fully saturated rings. The first kappa shape index (κ1) is 26.1. The third-order valence-corrected chi connectivity index (χ3v) is 7.09. The number of hydrogen-bond donors (Lipinski definition) is 0. The van der Waals surface area contributed by atoms with Gasteiger partial charge >= 0.3 is 17.9 Å². The summed E-state index contributed by atoms with van der Waals surface area (Å²) in [5, 5.41) is 0.457. The predicted molar refractivity (Wildman–Crippen MR) is 138 cm³/mol. The molecule has 3 aromatic rings. The number of carbonyl (C=O) groups is 5. The van der Waals surface area contributed by atoms with Crippen LogP contribution in [0.2, 0.25) is 0 Å². The Kier molecular flexibility index (Phi) is 6.02. The Labute approximate surface area is 233 Å². The highest BCUT2D eigenvalue weighted by molar-refractivity contribution is 6.03. The van der Waals surface area contributed by atoms with E-state index in [1.54, 1.807) is 44.2 Å². The normalized spacial score (nSPS) is 18.4. The lowest BCUT2D eigenvalue weighted by Crippen LogP contribution is -2.34. The lowest BCUT2D eigenvalue weighted by Gasteiger charge is -2.36. The van der Waals surface area contributed by atoms with Crippen LogP contribution in [-0.2, 0) is 29.6 Å². The van der Waals surface area contributed by atoms with E-state index in [0.717, 1.165) is 0 Å². The van der Waals surface area contributed by atoms with E-state index in [2.05, 4.69) is 0 Å². The molecule has 3 heterocycles. The number of hydrogen-bond acceptors (Lipinski definition) is 10. The maximum Gasteiger partial charge on any atom is 0.363 e. The van der Waals surface area contributed by atoms with Crippen LogP contribution in [0, 0.1) is 5.92 Å². The van der Waals surface area contributed by atoms with E-state index in [1.807, 2.05) is 0 Å². The van der Waals surface area contributed by atoms with Crippen molar-refractivity contribution in [3.05, 3.63) is 82.4 Å². The molecule has 1 atom stereocenters. The molecule has 41 heavy (non-hydrogen) atoms. The van der Waals surface area contributed by atoms with Crippen LogP contribution in [0.3, 0.4) is 0 Å². The van der Waals surface area contributed by atoms with E-state index in [4.69, 9.17) is 23.8 Å². The highest BCUT2D eigenvalue weighted by atomic mass is 16.7. The smallest absolute Gasteiger partial charge is 0.363 e. The lowest BCUT2D eigenvalue weighted by molar-refractivity contribution is -0.172. The molecule has 3 aliphatic heterocycles. The molecule has 6 rings (SSSR count). The van der Waals surface area contributed by atoms with Gasteiger partial charge in [0.1, 0.15) is 23.0 Å². The maximum absolute atomic E-state index is 13.2. The molecule has 2 amide bonds. The highest BCUT2D eigenvalue weighted by Gasteiger charge is 2.54. The Morgan fingerprint density at radius 2 is 1.49 bits per heavy atom. The van der Waals surface area contributed by atoms with Crippen molar-refractivity contribution in [1.82, 2.24) is 5.06 Å². The molecule has 3 aliphatic rings. The summed E-state index contributed by atoms with van der Waals surface area (Å²) < 4.78 is 23.1. The number of benzene rings is 3. The minimum Gasteiger partial charge on any atom is -0.497 e. The number of ether oxygens (including phenoxy) is 4. The summed E-state index contributed by atoms with van der Waals surface area (Å²) in [5.41, 5.74) is -0.182. The average molecular weight is 558 g/mol. The Bertz CT molecular complexity index is 1660. The van der Waals surface area contributed by atoms with Crippen molar-refractivity contribution in [2.75, 3.05) is 7.11 Å². The van der Waals surface area contributed by atoms with Gasteiger partial charge in [-0.2, -0.15) is 0 Å². The molecular weight excluding hydrogens is 534 g/mol. The van der Waals surface area contributed by atoms with Crippen LogP contribution in [0.25, 0.3) is 0 Å². The van der Waals surface area contributed by atoms with Crippen LogP contribution in [0.4, 0.5) is 0 Å². The number of amides is 2. The first-order valence-corrected chi connectivity index (χ1v) is 12.8. The van der Waals surface area contributed by atoms with Crippen molar-refractivity contribution < 1.29 is 47.8 Å². The molecule has 0 saturated carbocycles. The molecule has 208 valence electrons. The SMILES string of the molecule is COc1ccc2c(c1)Oc1cc(OC(=O)C(C)C)ccc1C21OC(=O)c2ccc(C(=O)ON3C(=O)CCC3=O)cc21. The molecule has 0 N–H and O–H groups in total. The molecule has 0 aromatic heterocycles. The second-order valence-electron chi connectivity index (χ2n) is 9.99. The van der Waals surface area contributed by atoms with Gasteiger partial charge in [0.05, 0.1) is 24.2 Å². The number of carbonyl (C=O) groups excluding carboxylic acids is 5. The molecular formula is C30H23NO10. The van der Waals surface area contributed by atoms with Crippen molar-refractivity contribution >= 4 is 29.7 Å². The number of rotatable bonds is 5. The lowest BCUT2D eigenvalue weighted by atomic mass is 9.77. The van der Waals surface area contributed by atoms with Gasteiger partial charge in [0.25, 0.3) is 11.8 Å². The summed E-state index contributed by atoms with van der Waals surface area (Å²) in [6.07, 6.45) is -0.0967. The van der Waals surface area contributed by atoms with Gasteiger partial charge in [-0.05, 0) is 42.5 Å². The summed E-state index contributed by atoms with van der Waals surface area (Å²) in [7, 11) is 1.50. The number of methoxy groups -OCH3 is 1. The average Bonchev–Trinajstić information content (AvgIpc) is 3.43. The van der Waals surface area contributed by atoms with Crippen molar-refractivity contribution in [3.8, 4) is 23.0 Å². The number of fused-ring (bicyclic) bond motifs is 6. The molecule has 0 radical (unpaired) electrons. The zero-order valence-corrected chi connectivity index (χ0v) is 22.2. The number of nitrogens with zero attached hydrogens (tertiary/aromatic N) is 1. The van der Waals surface area contributed by atoms with E-state index in [0.29, 0.717) is 33.3 Å². The molecule has 11 heteroatoms. The Morgan fingerprint density at radius 1 is 0.854 bits per heavy atom. The number of hydroxylamine groups is 2. The fourth-order valence-electron chi connectivity index (χ4n) is 5.03. The minimum absolute atomic E-state index is 0.0143. The van der Waals surface area contributed by atoms with Crippen molar-refractivity contribution in [1.29, 1.82) is 0 Å². The standard InChI is InChI=1S/C30H23NO10/c1-15(2)27(34)38-18-6-9-21-24(14-18)39-23-13-17(37-3)5-8-20(23)30(21)22-12-16(4-7-19(22)29(36)40-30)28(35)41-31-25(32)10-11-26(31)33/h4-9,12-15H,10-11H2,1-3H3. The topological polar surface area (TPSA) is 135 Å². The van der Waals surface area contributed by atoms with Crippen LogP contribution in [0.5, 0.6) is 23.0 Å². The Hall–Kier alpha value is -5.19. The van der Waals surface area contributed by atoms with E-state index < -0.39 is 35.3 Å². The van der Waals surface area contributed by atoms with Gasteiger partial charge in [-0.25, -0.2) is 9.59 Å². The van der Waals surface area contributed by atoms with Gasteiger partial charge in [0.2, 0.25) is 0 Å². The zero-order chi connectivity index (χ0) is 29.1. The van der Waals surface area contributed by atoms with Crippen LogP contribution in [-0.4, -0.2) is 41.9 Å². The largest absolute Gasteiger partial charge is 0.497 e. The Balaban J connectivity index is 1.49. The van der Waals surface area contributed by atoms with Crippen LogP contribution in [0.1, 0.15) is 64.1 Å². The maximum atomic E-state index is 13.2. The molecule has 0 bridgehead atoms. The minimum atomic E-state index is -1.56. The van der Waals surface area contributed by atoms with Crippen LogP contribution >= 0.6 is 0 Å². The molecule has 1 saturated heterocycles. The van der Waals surface area contributed by atoms with Gasteiger partial charge in [-0.3, -0.25) is 14.4 Å². The first-order valence-electron chi connectivity index (χ1n) is 12.8. The molecule has 0 aliphatic carbocycles. The summed E-state index contributed by atoms with van der Waals surface area (Å²) >= 11 is 0. The van der Waals surface area contributed by atoms with Crippen LogP contribution < -0.4 is 14.2 Å². The van der Waals surface area contributed by atoms with Gasteiger partial charge < -0.3 is 23.8 Å². The molecule has 11 nitrogen and oxygen atoms in total. The fourth-order valence-corrected chi connectivity index (χ4v) is 5.03. The predicted octanol–water partition coefficient (Wildman–Crippen LogP) is 4.05. The third-order valence-electron chi connectivity index (χ3n) is 7.09. The Morgan fingerprint density at radius 3 is 2.12 bits per heavy atom. The van der Waals surface area contributed by atoms with Gasteiger partial charge in [-0.1, -0.05) is 13.8 Å². The zero-order valence-electron chi connectivity index (χ0n) is 22.2. The van der Waals surface area contributed by atoms with Crippen molar-refractivity contribution in [3.63, 3.8) is 0 Å².